The van der Waals surface area contributed by atoms with Crippen molar-refractivity contribution in [2.75, 3.05) is 12.4 Å². The van der Waals surface area contributed by atoms with Crippen molar-refractivity contribution in [2.45, 2.75) is 0 Å². The maximum Gasteiger partial charge on any atom is 0.131 e. The molecule has 0 aliphatic heterocycles. The highest BCUT2D eigenvalue weighted by atomic mass is 35.5. The highest BCUT2D eigenvalue weighted by molar-refractivity contribution is 6.32. The Morgan fingerprint density at radius 2 is 1.78 bits per heavy atom. The Hall–Kier alpha value is -1.80. The van der Waals surface area contributed by atoms with Gasteiger partial charge in [-0.1, -0.05) is 35.9 Å². The molecule has 2 aromatic rings. The third-order valence-corrected chi connectivity index (χ3v) is 2.97. The zero-order chi connectivity index (χ0) is 13.0. The second kappa shape index (κ2) is 5.69. The van der Waals surface area contributed by atoms with Crippen molar-refractivity contribution >= 4 is 29.4 Å². The summed E-state index contributed by atoms with van der Waals surface area (Å²) in [6, 6.07) is 12.5. The Balaban J connectivity index is 2.24. The van der Waals surface area contributed by atoms with Gasteiger partial charge in [0, 0.05) is 18.3 Å². The van der Waals surface area contributed by atoms with E-state index in [0.717, 1.165) is 11.3 Å². The lowest BCUT2D eigenvalue weighted by atomic mass is 10.1. The quantitative estimate of drug-likeness (QED) is 0.791. The first-order chi connectivity index (χ1) is 8.70. The minimum Gasteiger partial charge on any atom is -0.388 e. The van der Waals surface area contributed by atoms with Gasteiger partial charge in [0.25, 0.3) is 0 Å². The van der Waals surface area contributed by atoms with Gasteiger partial charge >= 0.3 is 0 Å². The van der Waals surface area contributed by atoms with E-state index in [9.17, 15) is 4.39 Å². The fourth-order valence-electron chi connectivity index (χ4n) is 1.61. The van der Waals surface area contributed by atoms with Crippen molar-refractivity contribution in [1.29, 1.82) is 0 Å². The fraction of sp³-hybridized carbons (Fsp3) is 0.0667. The minimum atomic E-state index is -0.314. The molecule has 0 atom stereocenters. The first-order valence-corrected chi connectivity index (χ1v) is 5.98. The molecule has 0 bridgehead atoms. The Morgan fingerprint density at radius 3 is 2.39 bits per heavy atom. The molecule has 0 saturated carbocycles. The molecule has 0 unspecified atom stereocenters. The first kappa shape index (κ1) is 12.7. The topological polar surface area (TPSA) is 12.0 Å². The zero-order valence-corrected chi connectivity index (χ0v) is 10.7. The molecule has 92 valence electrons. The summed E-state index contributed by atoms with van der Waals surface area (Å²) in [5, 5.41) is 3.46. The molecule has 0 fully saturated rings. The van der Waals surface area contributed by atoms with Gasteiger partial charge < -0.3 is 5.32 Å². The van der Waals surface area contributed by atoms with Crippen LogP contribution in [0, 0.1) is 5.82 Å². The largest absolute Gasteiger partial charge is 0.388 e. The van der Waals surface area contributed by atoms with Crippen LogP contribution >= 0.6 is 11.6 Å². The molecule has 0 aliphatic rings. The van der Waals surface area contributed by atoms with Crippen molar-refractivity contribution in [3.05, 3.63) is 64.4 Å². The summed E-state index contributed by atoms with van der Waals surface area (Å²) >= 11 is 5.94. The fourth-order valence-corrected chi connectivity index (χ4v) is 1.84. The van der Waals surface area contributed by atoms with Crippen molar-refractivity contribution < 1.29 is 4.39 Å². The van der Waals surface area contributed by atoms with Gasteiger partial charge in [0.1, 0.15) is 5.82 Å². The monoisotopic (exact) mass is 261 g/mol. The Kier molecular flexibility index (Phi) is 4.00. The van der Waals surface area contributed by atoms with Crippen molar-refractivity contribution in [3.8, 4) is 0 Å². The van der Waals surface area contributed by atoms with E-state index in [1.54, 1.807) is 18.2 Å². The number of halogens is 2. The van der Waals surface area contributed by atoms with E-state index in [1.807, 2.05) is 37.4 Å². The van der Waals surface area contributed by atoms with Crippen LogP contribution in [0.2, 0.25) is 5.02 Å². The third-order valence-electron chi connectivity index (χ3n) is 2.64. The average molecular weight is 262 g/mol. The van der Waals surface area contributed by atoms with Crippen molar-refractivity contribution in [3.63, 3.8) is 0 Å². The van der Waals surface area contributed by atoms with Crippen LogP contribution in [0.15, 0.2) is 42.5 Å². The molecule has 1 nitrogen and oxygen atoms in total. The normalized spacial score (nSPS) is 10.8. The van der Waals surface area contributed by atoms with Crippen LogP contribution < -0.4 is 5.32 Å². The molecule has 2 aromatic carbocycles. The Bertz CT molecular complexity index is 541. The van der Waals surface area contributed by atoms with Gasteiger partial charge in [-0.05, 0) is 35.9 Å². The lowest BCUT2D eigenvalue weighted by Gasteiger charge is -2.01. The number of rotatable bonds is 3. The molecule has 2 rings (SSSR count). The number of nitrogens with one attached hydrogen (secondary N) is 1. The van der Waals surface area contributed by atoms with Gasteiger partial charge in [-0.3, -0.25) is 0 Å². The Labute approximate surface area is 111 Å². The molecule has 0 radical (unpaired) electrons. The SMILES string of the molecule is CNc1ccc(C=Cc2c(F)cccc2Cl)cc1. The Morgan fingerprint density at radius 1 is 1.06 bits per heavy atom. The van der Waals surface area contributed by atoms with E-state index in [-0.39, 0.29) is 5.82 Å². The van der Waals surface area contributed by atoms with Gasteiger partial charge in [-0.2, -0.15) is 0 Å². The van der Waals surface area contributed by atoms with Crippen LogP contribution in [0.1, 0.15) is 11.1 Å². The molecule has 0 spiro atoms. The van der Waals surface area contributed by atoms with Crippen LogP contribution in [0.4, 0.5) is 10.1 Å². The predicted molar refractivity (Wildman–Crippen MR) is 76.3 cm³/mol. The summed E-state index contributed by atoms with van der Waals surface area (Å²) in [6.07, 6.45) is 3.52. The predicted octanol–water partition coefficient (Wildman–Crippen LogP) is 4.69. The van der Waals surface area contributed by atoms with E-state index >= 15 is 0 Å². The zero-order valence-electron chi connectivity index (χ0n) is 9.95. The van der Waals surface area contributed by atoms with Gasteiger partial charge in [0.05, 0.1) is 5.02 Å². The van der Waals surface area contributed by atoms with E-state index < -0.39 is 0 Å². The molecule has 1 N–H and O–H groups in total. The number of benzene rings is 2. The lowest BCUT2D eigenvalue weighted by molar-refractivity contribution is 0.625. The van der Waals surface area contributed by atoms with E-state index in [4.69, 9.17) is 11.6 Å². The second-order valence-electron chi connectivity index (χ2n) is 3.84. The second-order valence-corrected chi connectivity index (χ2v) is 4.25. The molecular formula is C15H13ClFN. The van der Waals surface area contributed by atoms with E-state index in [2.05, 4.69) is 5.32 Å². The molecule has 3 heteroatoms. The van der Waals surface area contributed by atoms with Crippen LogP contribution in [0.3, 0.4) is 0 Å². The summed E-state index contributed by atoms with van der Waals surface area (Å²) < 4.78 is 13.5. The highest BCUT2D eigenvalue weighted by Gasteiger charge is 2.02. The number of anilines is 1. The number of hydrogen-bond acceptors (Lipinski definition) is 1. The summed E-state index contributed by atoms with van der Waals surface area (Å²) in [5.41, 5.74) is 2.45. The molecular weight excluding hydrogens is 249 g/mol. The van der Waals surface area contributed by atoms with Crippen LogP contribution in [-0.2, 0) is 0 Å². The van der Waals surface area contributed by atoms with Crippen LogP contribution in [-0.4, -0.2) is 7.05 Å². The highest BCUT2D eigenvalue weighted by Crippen LogP contribution is 2.21. The summed E-state index contributed by atoms with van der Waals surface area (Å²) in [7, 11) is 1.87. The van der Waals surface area contributed by atoms with E-state index in [1.165, 1.54) is 6.07 Å². The molecule has 18 heavy (non-hydrogen) atoms. The first-order valence-electron chi connectivity index (χ1n) is 5.60. The molecule has 0 aromatic heterocycles. The molecule has 0 amide bonds. The standard InChI is InChI=1S/C15H13ClFN/c1-18-12-8-5-11(6-9-12)7-10-13-14(16)3-2-4-15(13)17/h2-10,18H,1H3. The average Bonchev–Trinajstić information content (AvgIpc) is 2.39. The van der Waals surface area contributed by atoms with Gasteiger partial charge in [-0.15, -0.1) is 0 Å². The lowest BCUT2D eigenvalue weighted by Crippen LogP contribution is -1.86. The molecule has 0 heterocycles. The summed E-state index contributed by atoms with van der Waals surface area (Å²) in [6.45, 7) is 0. The van der Waals surface area contributed by atoms with Gasteiger partial charge in [-0.25, -0.2) is 4.39 Å². The van der Waals surface area contributed by atoms with Crippen molar-refractivity contribution in [2.24, 2.45) is 0 Å². The number of hydrogen-bond donors (Lipinski definition) is 1. The van der Waals surface area contributed by atoms with E-state index in [0.29, 0.717) is 10.6 Å². The smallest absolute Gasteiger partial charge is 0.131 e. The summed E-state index contributed by atoms with van der Waals surface area (Å²) in [4.78, 5) is 0. The maximum atomic E-state index is 13.5. The molecule has 0 aliphatic carbocycles. The van der Waals surface area contributed by atoms with Crippen LogP contribution in [0.25, 0.3) is 12.2 Å². The minimum absolute atomic E-state index is 0.314. The molecule has 0 saturated heterocycles. The van der Waals surface area contributed by atoms with Gasteiger partial charge in [0.2, 0.25) is 0 Å². The van der Waals surface area contributed by atoms with Crippen LogP contribution in [0.5, 0.6) is 0 Å². The maximum absolute atomic E-state index is 13.5. The van der Waals surface area contributed by atoms with Crippen molar-refractivity contribution in [1.82, 2.24) is 0 Å². The van der Waals surface area contributed by atoms with Gasteiger partial charge in [0.15, 0.2) is 0 Å². The summed E-state index contributed by atoms with van der Waals surface area (Å²) in [5.74, 6) is -0.314. The third kappa shape index (κ3) is 2.90.